The summed E-state index contributed by atoms with van der Waals surface area (Å²) in [4.78, 5) is 24.8. The van der Waals surface area contributed by atoms with Crippen molar-refractivity contribution in [1.82, 2.24) is 5.32 Å². The number of hydrogen-bond acceptors (Lipinski definition) is 6. The van der Waals surface area contributed by atoms with Crippen molar-refractivity contribution in [3.8, 4) is 11.5 Å². The number of benzene rings is 1. The number of methoxy groups -OCH3 is 1. The second-order valence-corrected chi connectivity index (χ2v) is 6.31. The van der Waals surface area contributed by atoms with Gasteiger partial charge in [0, 0.05) is 15.8 Å². The molecule has 0 aliphatic rings. The normalized spacial score (nSPS) is 10.7. The van der Waals surface area contributed by atoms with E-state index in [2.05, 4.69) is 10.1 Å². The molecule has 0 unspecified atom stereocenters. The largest absolute Gasteiger partial charge is 0.493 e. The lowest BCUT2D eigenvalue weighted by Crippen LogP contribution is -2.23. The molecule has 0 bridgehead atoms. The minimum absolute atomic E-state index is 0.193. The van der Waals surface area contributed by atoms with Crippen molar-refractivity contribution in [2.45, 2.75) is 26.5 Å². The highest BCUT2D eigenvalue weighted by atomic mass is 32.1. The maximum atomic E-state index is 12.4. The molecule has 1 heterocycles. The van der Waals surface area contributed by atoms with Crippen molar-refractivity contribution < 1.29 is 28.0 Å². The highest BCUT2D eigenvalue weighted by molar-refractivity contribution is 7.11. The van der Waals surface area contributed by atoms with E-state index >= 15 is 0 Å². The van der Waals surface area contributed by atoms with Crippen LogP contribution in [0.5, 0.6) is 11.5 Å². The maximum Gasteiger partial charge on any atom is 0.387 e. The first-order valence-electron chi connectivity index (χ1n) is 7.52. The fourth-order valence-electron chi connectivity index (χ4n) is 2.20. The molecule has 140 valence electrons. The number of carbonyl (C=O) groups is 1. The molecule has 0 aliphatic heterocycles. The van der Waals surface area contributed by atoms with Crippen molar-refractivity contribution >= 4 is 22.9 Å². The number of hydrogen-bond donors (Lipinski definition) is 1. The predicted molar refractivity (Wildman–Crippen MR) is 91.1 cm³/mol. The Hall–Kier alpha value is -2.75. The lowest BCUT2D eigenvalue weighted by atomic mass is 10.1. The zero-order valence-electron chi connectivity index (χ0n) is 14.0. The van der Waals surface area contributed by atoms with Crippen LogP contribution in [0.15, 0.2) is 24.3 Å². The molecule has 0 saturated heterocycles. The van der Waals surface area contributed by atoms with Gasteiger partial charge in [-0.25, -0.2) is 0 Å². The summed E-state index contributed by atoms with van der Waals surface area (Å²) in [5, 5.41) is 13.8. The minimum atomic E-state index is -3.19. The summed E-state index contributed by atoms with van der Waals surface area (Å²) in [6, 6.07) is 5.56. The van der Waals surface area contributed by atoms with Gasteiger partial charge in [0.05, 0.1) is 24.6 Å². The van der Waals surface area contributed by atoms with E-state index in [-0.39, 0.29) is 17.9 Å². The first-order valence-corrected chi connectivity index (χ1v) is 8.34. The van der Waals surface area contributed by atoms with Crippen molar-refractivity contribution in [3.63, 3.8) is 0 Å². The molecule has 2 aromatic rings. The van der Waals surface area contributed by atoms with E-state index in [4.69, 9.17) is 4.74 Å². The van der Waals surface area contributed by atoms with E-state index in [1.165, 1.54) is 18.4 Å². The molecule has 1 aromatic heterocycles. The fourth-order valence-corrected chi connectivity index (χ4v) is 3.10. The van der Waals surface area contributed by atoms with Crippen LogP contribution in [0.2, 0.25) is 0 Å². The molecule has 0 radical (unpaired) electrons. The van der Waals surface area contributed by atoms with Gasteiger partial charge < -0.3 is 14.8 Å². The third-order valence-electron chi connectivity index (χ3n) is 3.43. The number of nitrogens with one attached hydrogen (secondary N) is 1. The van der Waals surface area contributed by atoms with Crippen LogP contribution in [0, 0.1) is 10.1 Å². The van der Waals surface area contributed by atoms with Gasteiger partial charge in [-0.1, -0.05) is 6.92 Å². The standard InChI is InChI=1S/C16H16F2N2O5S/c1-3-9-4-5-10(26-9)8-19-15(21)11-6-13(24-2)14(25-16(17)18)7-12(11)20(22)23/h4-7,16H,3,8H2,1-2H3,(H,19,21). The first-order chi connectivity index (χ1) is 12.3. The van der Waals surface area contributed by atoms with Gasteiger partial charge in [0.15, 0.2) is 11.5 Å². The Kier molecular flexibility index (Phi) is 6.45. The van der Waals surface area contributed by atoms with E-state index in [1.54, 1.807) is 0 Å². The molecule has 1 N–H and O–H groups in total. The molecule has 0 aliphatic carbocycles. The fraction of sp³-hybridized carbons (Fsp3) is 0.312. The van der Waals surface area contributed by atoms with Gasteiger partial charge in [-0.15, -0.1) is 11.3 Å². The number of carbonyl (C=O) groups excluding carboxylic acids is 1. The number of rotatable bonds is 8. The molecule has 0 atom stereocenters. The van der Waals surface area contributed by atoms with E-state index in [9.17, 15) is 23.7 Å². The molecule has 10 heteroatoms. The summed E-state index contributed by atoms with van der Waals surface area (Å²) in [7, 11) is 1.18. The Morgan fingerprint density at radius 2 is 2.00 bits per heavy atom. The summed E-state index contributed by atoms with van der Waals surface area (Å²) < 4.78 is 34.0. The Bertz CT molecular complexity index is 810. The number of nitro benzene ring substituents is 1. The Morgan fingerprint density at radius 1 is 1.31 bits per heavy atom. The zero-order valence-corrected chi connectivity index (χ0v) is 14.8. The first kappa shape index (κ1) is 19.6. The highest BCUT2D eigenvalue weighted by Gasteiger charge is 2.26. The maximum absolute atomic E-state index is 12.4. The second kappa shape index (κ2) is 8.56. The highest BCUT2D eigenvalue weighted by Crippen LogP contribution is 2.35. The topological polar surface area (TPSA) is 90.7 Å². The lowest BCUT2D eigenvalue weighted by Gasteiger charge is -2.12. The number of ether oxygens (including phenoxy) is 2. The second-order valence-electron chi connectivity index (χ2n) is 5.06. The smallest absolute Gasteiger partial charge is 0.387 e. The average molecular weight is 386 g/mol. The number of aryl methyl sites for hydroxylation is 1. The molecule has 0 fully saturated rings. The number of alkyl halides is 2. The molecule has 0 spiro atoms. The van der Waals surface area contributed by atoms with Gasteiger partial charge in [0.2, 0.25) is 0 Å². The number of thiophene rings is 1. The predicted octanol–water partition coefficient (Wildman–Crippen LogP) is 3.76. The number of halogens is 2. The van der Waals surface area contributed by atoms with Crippen LogP contribution in [-0.2, 0) is 13.0 Å². The van der Waals surface area contributed by atoms with Gasteiger partial charge >= 0.3 is 6.61 Å². The van der Waals surface area contributed by atoms with Crippen LogP contribution in [0.3, 0.4) is 0 Å². The monoisotopic (exact) mass is 386 g/mol. The third-order valence-corrected chi connectivity index (χ3v) is 4.66. The number of nitro groups is 1. The average Bonchev–Trinajstić information content (AvgIpc) is 3.06. The van der Waals surface area contributed by atoms with Crippen LogP contribution in [0.4, 0.5) is 14.5 Å². The molecule has 7 nitrogen and oxygen atoms in total. The van der Waals surface area contributed by atoms with Crippen molar-refractivity contribution in [2.75, 3.05) is 7.11 Å². The van der Waals surface area contributed by atoms with Gasteiger partial charge in [-0.05, 0) is 18.6 Å². The summed E-state index contributed by atoms with van der Waals surface area (Å²) >= 11 is 1.52. The third kappa shape index (κ3) is 4.66. The van der Waals surface area contributed by atoms with Crippen LogP contribution in [0.25, 0.3) is 0 Å². The van der Waals surface area contributed by atoms with Crippen LogP contribution < -0.4 is 14.8 Å². The summed E-state index contributed by atoms with van der Waals surface area (Å²) in [5.74, 6) is -1.44. The molecule has 1 amide bonds. The lowest BCUT2D eigenvalue weighted by molar-refractivity contribution is -0.385. The van der Waals surface area contributed by atoms with E-state index in [0.717, 1.165) is 28.3 Å². The molecule has 1 aromatic carbocycles. The Morgan fingerprint density at radius 3 is 2.54 bits per heavy atom. The summed E-state index contributed by atoms with van der Waals surface area (Å²) in [5.41, 5.74) is -0.958. The van der Waals surface area contributed by atoms with Crippen molar-refractivity contribution in [3.05, 3.63) is 49.7 Å². The molecule has 2 rings (SSSR count). The van der Waals surface area contributed by atoms with E-state index < -0.39 is 28.9 Å². The van der Waals surface area contributed by atoms with Gasteiger partial charge in [0.25, 0.3) is 11.6 Å². The number of nitrogens with zero attached hydrogens (tertiary/aromatic N) is 1. The van der Waals surface area contributed by atoms with E-state index in [0.29, 0.717) is 0 Å². The quantitative estimate of drug-likeness (QED) is 0.551. The zero-order chi connectivity index (χ0) is 19.3. The molecular weight excluding hydrogens is 370 g/mol. The number of amides is 1. The van der Waals surface area contributed by atoms with Crippen molar-refractivity contribution in [2.24, 2.45) is 0 Å². The summed E-state index contributed by atoms with van der Waals surface area (Å²) in [6.45, 7) is -0.986. The molecule has 0 saturated carbocycles. The minimum Gasteiger partial charge on any atom is -0.493 e. The Labute approximate surface area is 151 Å². The van der Waals surface area contributed by atoms with Gasteiger partial charge in [-0.2, -0.15) is 8.78 Å². The van der Waals surface area contributed by atoms with Gasteiger partial charge in [-0.3, -0.25) is 14.9 Å². The van der Waals surface area contributed by atoms with Gasteiger partial charge in [0.1, 0.15) is 5.56 Å². The molecule has 26 heavy (non-hydrogen) atoms. The van der Waals surface area contributed by atoms with Crippen LogP contribution in [-0.4, -0.2) is 24.6 Å². The summed E-state index contributed by atoms with van der Waals surface area (Å²) in [6.07, 6.45) is 0.868. The van der Waals surface area contributed by atoms with Crippen LogP contribution in [0.1, 0.15) is 27.0 Å². The molecular formula is C16H16F2N2O5S. The van der Waals surface area contributed by atoms with E-state index in [1.807, 2.05) is 19.1 Å². The van der Waals surface area contributed by atoms with Crippen molar-refractivity contribution in [1.29, 1.82) is 0 Å². The SMILES string of the molecule is CCc1ccc(CNC(=O)c2cc(OC)c(OC(F)F)cc2[N+](=O)[O-])s1. The Balaban J connectivity index is 2.27. The van der Waals surface area contributed by atoms with Crippen LogP contribution >= 0.6 is 11.3 Å².